The first-order valence-corrected chi connectivity index (χ1v) is 13.9. The minimum Gasteiger partial charge on any atom is -0.481 e. The van der Waals surface area contributed by atoms with Crippen molar-refractivity contribution in [2.45, 2.75) is 168 Å². The molecule has 1 unspecified atom stereocenters. The van der Waals surface area contributed by atoms with Gasteiger partial charge in [-0.3, -0.25) is 4.79 Å². The van der Waals surface area contributed by atoms with Crippen molar-refractivity contribution in [3.05, 3.63) is 0 Å². The molecule has 0 aliphatic heterocycles. The molecular formula is C28H56O2. The van der Waals surface area contributed by atoms with E-state index >= 15 is 0 Å². The maximum atomic E-state index is 10.8. The van der Waals surface area contributed by atoms with E-state index in [9.17, 15) is 4.79 Å². The number of carboxylic acids is 1. The molecule has 0 aromatic heterocycles. The van der Waals surface area contributed by atoms with Gasteiger partial charge in [0.25, 0.3) is 0 Å². The molecule has 0 fully saturated rings. The van der Waals surface area contributed by atoms with Crippen LogP contribution in [0.4, 0.5) is 0 Å². The monoisotopic (exact) mass is 424 g/mol. The van der Waals surface area contributed by atoms with Gasteiger partial charge >= 0.3 is 5.97 Å². The number of rotatable bonds is 25. The predicted octanol–water partition coefficient (Wildman–Crippen LogP) is 10.1. The van der Waals surface area contributed by atoms with Crippen molar-refractivity contribution in [2.24, 2.45) is 5.92 Å². The third kappa shape index (κ3) is 23.7. The van der Waals surface area contributed by atoms with E-state index < -0.39 is 5.97 Å². The van der Waals surface area contributed by atoms with Crippen LogP contribution in [0.25, 0.3) is 0 Å². The van der Waals surface area contributed by atoms with Gasteiger partial charge in [0.2, 0.25) is 0 Å². The highest BCUT2D eigenvalue weighted by atomic mass is 16.4. The summed E-state index contributed by atoms with van der Waals surface area (Å²) < 4.78 is 0. The Morgan fingerprint density at radius 1 is 0.500 bits per heavy atom. The number of carbonyl (C=O) groups is 1. The first-order chi connectivity index (χ1) is 14.7. The van der Waals surface area contributed by atoms with Crippen molar-refractivity contribution in [1.29, 1.82) is 0 Å². The van der Waals surface area contributed by atoms with Gasteiger partial charge in [-0.25, -0.2) is 0 Å². The van der Waals surface area contributed by atoms with E-state index in [0.29, 0.717) is 6.42 Å². The smallest absolute Gasteiger partial charge is 0.303 e. The van der Waals surface area contributed by atoms with Crippen LogP contribution >= 0.6 is 0 Å². The molecule has 0 bridgehead atoms. The van der Waals surface area contributed by atoms with Crippen LogP contribution in [0.2, 0.25) is 0 Å². The van der Waals surface area contributed by atoms with Gasteiger partial charge in [0.05, 0.1) is 0 Å². The van der Waals surface area contributed by atoms with Crippen LogP contribution in [-0.2, 0) is 4.79 Å². The van der Waals surface area contributed by atoms with Gasteiger partial charge < -0.3 is 5.11 Å². The van der Waals surface area contributed by atoms with Gasteiger partial charge in [-0.05, 0) is 12.3 Å². The van der Waals surface area contributed by atoms with E-state index in [4.69, 9.17) is 5.11 Å². The Hall–Kier alpha value is -0.530. The molecule has 0 amide bonds. The minimum atomic E-state index is -0.635. The summed E-state index contributed by atoms with van der Waals surface area (Å²) in [6, 6.07) is 0. The molecule has 0 aromatic rings. The van der Waals surface area contributed by atoms with Crippen molar-refractivity contribution in [3.8, 4) is 0 Å². The Bertz CT molecular complexity index is 340. The van der Waals surface area contributed by atoms with Gasteiger partial charge in [0.15, 0.2) is 0 Å². The quantitative estimate of drug-likeness (QED) is 0.148. The summed E-state index contributed by atoms with van der Waals surface area (Å²) >= 11 is 0. The van der Waals surface area contributed by atoms with Gasteiger partial charge in [0, 0.05) is 6.42 Å². The summed E-state index contributed by atoms with van der Waals surface area (Å²) in [4.78, 5) is 10.8. The Morgan fingerprint density at radius 2 is 0.800 bits per heavy atom. The van der Waals surface area contributed by atoms with Crippen LogP contribution in [0.15, 0.2) is 0 Å². The molecule has 0 aliphatic rings. The molecular weight excluding hydrogens is 368 g/mol. The maximum Gasteiger partial charge on any atom is 0.303 e. The van der Waals surface area contributed by atoms with Crippen LogP contribution in [0.3, 0.4) is 0 Å². The summed E-state index contributed by atoms with van der Waals surface area (Å²) in [6.45, 7) is 4.57. The van der Waals surface area contributed by atoms with Gasteiger partial charge in [-0.1, -0.05) is 155 Å². The summed E-state index contributed by atoms with van der Waals surface area (Å²) in [7, 11) is 0. The topological polar surface area (TPSA) is 37.3 Å². The molecule has 0 spiro atoms. The van der Waals surface area contributed by atoms with Crippen molar-refractivity contribution >= 4 is 5.97 Å². The SMILES string of the molecule is CCCCCCCCCCCCC(CCCCCCCCCC)CCCCC(=O)O. The zero-order valence-corrected chi connectivity index (χ0v) is 20.9. The van der Waals surface area contributed by atoms with E-state index in [-0.39, 0.29) is 0 Å². The summed E-state index contributed by atoms with van der Waals surface area (Å²) in [5, 5.41) is 8.86. The largest absolute Gasteiger partial charge is 0.481 e. The highest BCUT2D eigenvalue weighted by Crippen LogP contribution is 2.24. The van der Waals surface area contributed by atoms with Crippen molar-refractivity contribution in [2.75, 3.05) is 0 Å². The third-order valence-electron chi connectivity index (χ3n) is 6.68. The lowest BCUT2D eigenvalue weighted by Gasteiger charge is -2.17. The second-order valence-corrected chi connectivity index (χ2v) is 9.74. The zero-order valence-electron chi connectivity index (χ0n) is 20.9. The standard InChI is InChI=1S/C28H56O2/c1-3-5-7-9-11-13-14-16-18-20-24-27(25-21-22-26-28(29)30)23-19-17-15-12-10-8-6-4-2/h27H,3-26H2,1-2H3,(H,29,30). The number of aliphatic carboxylic acids is 1. The van der Waals surface area contributed by atoms with Crippen LogP contribution in [-0.4, -0.2) is 11.1 Å². The molecule has 1 N–H and O–H groups in total. The van der Waals surface area contributed by atoms with Crippen molar-refractivity contribution in [3.63, 3.8) is 0 Å². The molecule has 30 heavy (non-hydrogen) atoms. The molecule has 0 radical (unpaired) electrons. The Balaban J connectivity index is 3.78. The number of carboxylic acid groups (broad SMARTS) is 1. The van der Waals surface area contributed by atoms with Gasteiger partial charge in [0.1, 0.15) is 0 Å². The maximum absolute atomic E-state index is 10.8. The molecule has 0 aliphatic carbocycles. The summed E-state index contributed by atoms with van der Waals surface area (Å²) in [5.74, 6) is 0.206. The van der Waals surface area contributed by atoms with E-state index in [1.165, 1.54) is 135 Å². The van der Waals surface area contributed by atoms with Gasteiger partial charge in [-0.2, -0.15) is 0 Å². The van der Waals surface area contributed by atoms with Gasteiger partial charge in [-0.15, -0.1) is 0 Å². The van der Waals surface area contributed by atoms with E-state index in [1.54, 1.807) is 0 Å². The summed E-state index contributed by atoms with van der Waals surface area (Å²) in [5.41, 5.74) is 0. The van der Waals surface area contributed by atoms with E-state index in [1.807, 2.05) is 0 Å². The third-order valence-corrected chi connectivity index (χ3v) is 6.68. The molecule has 1 atom stereocenters. The molecule has 2 heteroatoms. The average Bonchev–Trinajstić information content (AvgIpc) is 2.73. The lowest BCUT2D eigenvalue weighted by molar-refractivity contribution is -0.137. The molecule has 0 rings (SSSR count). The second-order valence-electron chi connectivity index (χ2n) is 9.74. The molecule has 0 saturated heterocycles. The number of hydrogen-bond donors (Lipinski definition) is 1. The fourth-order valence-electron chi connectivity index (χ4n) is 4.63. The lowest BCUT2D eigenvalue weighted by Crippen LogP contribution is -2.02. The van der Waals surface area contributed by atoms with Crippen LogP contribution in [0.5, 0.6) is 0 Å². The minimum absolute atomic E-state index is 0.350. The van der Waals surface area contributed by atoms with E-state index in [0.717, 1.165) is 18.8 Å². The Kier molecular flexibility index (Phi) is 24.3. The molecule has 2 nitrogen and oxygen atoms in total. The Morgan fingerprint density at radius 3 is 1.13 bits per heavy atom. The van der Waals surface area contributed by atoms with E-state index in [2.05, 4.69) is 13.8 Å². The zero-order chi connectivity index (χ0) is 22.1. The van der Waals surface area contributed by atoms with Crippen LogP contribution < -0.4 is 0 Å². The highest BCUT2D eigenvalue weighted by Gasteiger charge is 2.09. The lowest BCUT2D eigenvalue weighted by atomic mass is 9.89. The van der Waals surface area contributed by atoms with Crippen molar-refractivity contribution in [1.82, 2.24) is 0 Å². The Labute approximate surface area is 190 Å². The number of unbranched alkanes of at least 4 members (excludes halogenated alkanes) is 17. The molecule has 0 heterocycles. The highest BCUT2D eigenvalue weighted by molar-refractivity contribution is 5.66. The average molecular weight is 425 g/mol. The molecule has 0 saturated carbocycles. The number of hydrogen-bond acceptors (Lipinski definition) is 1. The fraction of sp³-hybridized carbons (Fsp3) is 0.964. The second kappa shape index (κ2) is 24.7. The summed E-state index contributed by atoms with van der Waals surface area (Å²) in [6.07, 6.45) is 31.6. The predicted molar refractivity (Wildman–Crippen MR) is 133 cm³/mol. The first-order valence-electron chi connectivity index (χ1n) is 13.9. The van der Waals surface area contributed by atoms with Crippen molar-refractivity contribution < 1.29 is 9.90 Å². The van der Waals surface area contributed by atoms with Crippen LogP contribution in [0.1, 0.15) is 168 Å². The fourth-order valence-corrected chi connectivity index (χ4v) is 4.63. The first kappa shape index (κ1) is 29.5. The van der Waals surface area contributed by atoms with Crippen LogP contribution in [0, 0.1) is 5.92 Å². The molecule has 0 aromatic carbocycles. The molecule has 180 valence electrons. The normalized spacial score (nSPS) is 12.3.